The summed E-state index contributed by atoms with van der Waals surface area (Å²) in [5, 5.41) is 5.46. The number of hydrazone groups is 1. The van der Waals surface area contributed by atoms with E-state index in [4.69, 9.17) is 0 Å². The van der Waals surface area contributed by atoms with Gasteiger partial charge in [-0.15, -0.1) is 0 Å². The summed E-state index contributed by atoms with van der Waals surface area (Å²) >= 11 is 1.17. The van der Waals surface area contributed by atoms with Crippen LogP contribution in [0.15, 0.2) is 47.6 Å². The van der Waals surface area contributed by atoms with E-state index in [1.165, 1.54) is 22.8 Å². The van der Waals surface area contributed by atoms with Crippen LogP contribution in [0.4, 0.5) is 18.0 Å². The first kappa shape index (κ1) is 18.5. The Bertz CT molecular complexity index is 1120. The van der Waals surface area contributed by atoms with Gasteiger partial charge in [0, 0.05) is 31.0 Å². The van der Waals surface area contributed by atoms with Crippen LogP contribution in [-0.4, -0.2) is 38.3 Å². The third-order valence-electron chi connectivity index (χ3n) is 4.53. The average molecular weight is 404 g/mol. The van der Waals surface area contributed by atoms with Gasteiger partial charge in [-0.1, -0.05) is 30.0 Å². The number of benzene rings is 2. The third kappa shape index (κ3) is 3.26. The van der Waals surface area contributed by atoms with Gasteiger partial charge < -0.3 is 4.57 Å². The maximum atomic E-state index is 13.0. The van der Waals surface area contributed by atoms with Crippen LogP contribution in [0.3, 0.4) is 0 Å². The lowest BCUT2D eigenvalue weighted by Crippen LogP contribution is -2.26. The highest BCUT2D eigenvalue weighted by Gasteiger charge is 2.30. The SMILES string of the molecule is CN1N=C(c2ccc3c(c2)nc(-c2cccc(C(F)(F)F)c2)n3C)CSC1=O. The molecule has 9 heteroatoms. The quantitative estimate of drug-likeness (QED) is 0.619. The predicted octanol–water partition coefficient (Wildman–Crippen LogP) is 4.76. The number of carbonyl (C=O) groups excluding carboxylic acids is 1. The molecule has 1 amide bonds. The molecule has 0 saturated carbocycles. The molecular weight excluding hydrogens is 389 g/mol. The summed E-state index contributed by atoms with van der Waals surface area (Å²) in [5.74, 6) is 0.910. The van der Waals surface area contributed by atoms with Gasteiger partial charge >= 0.3 is 11.4 Å². The number of carbonyl (C=O) groups is 1. The van der Waals surface area contributed by atoms with Crippen molar-refractivity contribution in [1.29, 1.82) is 0 Å². The molecule has 0 bridgehead atoms. The Morgan fingerprint density at radius 1 is 1.07 bits per heavy atom. The summed E-state index contributed by atoms with van der Waals surface area (Å²) in [6.45, 7) is 0. The van der Waals surface area contributed by atoms with Crippen molar-refractivity contribution >= 4 is 33.7 Å². The molecule has 1 aliphatic heterocycles. The minimum Gasteiger partial charge on any atom is -0.327 e. The van der Waals surface area contributed by atoms with Gasteiger partial charge in [0.05, 0.1) is 22.3 Å². The Hall–Kier alpha value is -2.81. The van der Waals surface area contributed by atoms with Crippen molar-refractivity contribution in [3.63, 3.8) is 0 Å². The first-order valence-corrected chi connectivity index (χ1v) is 9.35. The lowest BCUT2D eigenvalue weighted by Gasteiger charge is -2.18. The largest absolute Gasteiger partial charge is 0.416 e. The molecule has 4 rings (SSSR count). The zero-order valence-corrected chi connectivity index (χ0v) is 15.8. The lowest BCUT2D eigenvalue weighted by molar-refractivity contribution is -0.137. The molecule has 0 radical (unpaired) electrons. The van der Waals surface area contributed by atoms with Gasteiger partial charge in [0.15, 0.2) is 0 Å². The fourth-order valence-corrected chi connectivity index (χ4v) is 3.80. The van der Waals surface area contributed by atoms with Crippen LogP contribution >= 0.6 is 11.8 Å². The maximum Gasteiger partial charge on any atom is 0.416 e. The second-order valence-corrected chi connectivity index (χ2v) is 7.33. The molecule has 0 fully saturated rings. The molecule has 28 heavy (non-hydrogen) atoms. The fourth-order valence-electron chi connectivity index (χ4n) is 3.09. The second-order valence-electron chi connectivity index (χ2n) is 6.40. The number of aryl methyl sites for hydroxylation is 1. The summed E-state index contributed by atoms with van der Waals surface area (Å²) in [6, 6.07) is 10.7. The molecule has 0 N–H and O–H groups in total. The number of amides is 1. The molecule has 2 aromatic carbocycles. The van der Waals surface area contributed by atoms with E-state index in [0.29, 0.717) is 22.7 Å². The molecule has 3 aromatic rings. The van der Waals surface area contributed by atoms with Crippen molar-refractivity contribution in [2.75, 3.05) is 12.8 Å². The average Bonchev–Trinajstić information content (AvgIpc) is 2.99. The molecule has 0 unspecified atom stereocenters. The van der Waals surface area contributed by atoms with Crippen molar-refractivity contribution < 1.29 is 18.0 Å². The first-order valence-electron chi connectivity index (χ1n) is 8.36. The third-order valence-corrected chi connectivity index (χ3v) is 5.46. The van der Waals surface area contributed by atoms with Gasteiger partial charge in [-0.3, -0.25) is 4.79 Å². The van der Waals surface area contributed by atoms with Crippen LogP contribution in [0.1, 0.15) is 11.1 Å². The summed E-state index contributed by atoms with van der Waals surface area (Å²) in [7, 11) is 3.37. The van der Waals surface area contributed by atoms with Crippen LogP contribution in [0.5, 0.6) is 0 Å². The topological polar surface area (TPSA) is 50.5 Å². The van der Waals surface area contributed by atoms with E-state index >= 15 is 0 Å². The van der Waals surface area contributed by atoms with Crippen molar-refractivity contribution in [2.24, 2.45) is 12.1 Å². The molecule has 2 heterocycles. The number of nitrogens with zero attached hydrogens (tertiary/aromatic N) is 4. The van der Waals surface area contributed by atoms with E-state index < -0.39 is 11.7 Å². The zero-order chi connectivity index (χ0) is 20.1. The van der Waals surface area contributed by atoms with Crippen LogP contribution < -0.4 is 0 Å². The van der Waals surface area contributed by atoms with Gasteiger partial charge in [0.25, 0.3) is 0 Å². The van der Waals surface area contributed by atoms with Crippen molar-refractivity contribution in [2.45, 2.75) is 6.18 Å². The zero-order valence-electron chi connectivity index (χ0n) is 15.0. The molecule has 0 atom stereocenters. The Kier molecular flexibility index (Phi) is 4.41. The number of halogens is 3. The highest BCUT2D eigenvalue weighted by Crippen LogP contribution is 2.33. The Morgan fingerprint density at radius 3 is 2.57 bits per heavy atom. The van der Waals surface area contributed by atoms with Gasteiger partial charge in [-0.25, -0.2) is 9.99 Å². The molecule has 0 aliphatic carbocycles. The summed E-state index contributed by atoms with van der Waals surface area (Å²) in [5.41, 5.74) is 2.71. The molecular formula is C19H15F3N4OS. The van der Waals surface area contributed by atoms with Crippen LogP contribution in [0, 0.1) is 0 Å². The van der Waals surface area contributed by atoms with Gasteiger partial charge in [-0.2, -0.15) is 18.3 Å². The number of alkyl halides is 3. The van der Waals surface area contributed by atoms with Crippen LogP contribution in [0.2, 0.25) is 0 Å². The highest BCUT2D eigenvalue weighted by molar-refractivity contribution is 8.14. The van der Waals surface area contributed by atoms with Gasteiger partial charge in [0.2, 0.25) is 0 Å². The normalized spacial score (nSPS) is 15.2. The number of rotatable bonds is 2. The van der Waals surface area contributed by atoms with Gasteiger partial charge in [0.1, 0.15) is 5.82 Å². The van der Waals surface area contributed by atoms with Crippen LogP contribution in [-0.2, 0) is 13.2 Å². The number of imidazole rings is 1. The summed E-state index contributed by atoms with van der Waals surface area (Å²) < 4.78 is 40.9. The number of hydrogen-bond acceptors (Lipinski definition) is 4. The minimum absolute atomic E-state index is 0.116. The minimum atomic E-state index is -4.41. The van der Waals surface area contributed by atoms with E-state index in [-0.39, 0.29) is 5.24 Å². The molecule has 0 saturated heterocycles. The predicted molar refractivity (Wildman–Crippen MR) is 103 cm³/mol. The molecule has 0 spiro atoms. The number of hydrogen-bond donors (Lipinski definition) is 0. The number of thioether (sulfide) groups is 1. The van der Waals surface area contributed by atoms with E-state index in [9.17, 15) is 18.0 Å². The van der Waals surface area contributed by atoms with Crippen molar-refractivity contribution in [1.82, 2.24) is 14.6 Å². The van der Waals surface area contributed by atoms with Gasteiger partial charge in [-0.05, 0) is 24.3 Å². The van der Waals surface area contributed by atoms with E-state index in [0.717, 1.165) is 28.9 Å². The highest BCUT2D eigenvalue weighted by atomic mass is 32.2. The van der Waals surface area contributed by atoms with E-state index in [1.54, 1.807) is 24.7 Å². The van der Waals surface area contributed by atoms with Crippen molar-refractivity contribution in [3.8, 4) is 11.4 Å². The Labute approximate surface area is 162 Å². The Morgan fingerprint density at radius 2 is 1.86 bits per heavy atom. The molecule has 1 aliphatic rings. The lowest BCUT2D eigenvalue weighted by atomic mass is 10.1. The van der Waals surface area contributed by atoms with Crippen LogP contribution in [0.25, 0.3) is 22.4 Å². The first-order chi connectivity index (χ1) is 13.2. The van der Waals surface area contributed by atoms with E-state index in [2.05, 4.69) is 10.1 Å². The summed E-state index contributed by atoms with van der Waals surface area (Å²) in [4.78, 5) is 16.1. The smallest absolute Gasteiger partial charge is 0.327 e. The number of aromatic nitrogens is 2. The van der Waals surface area contributed by atoms with Crippen molar-refractivity contribution in [3.05, 3.63) is 53.6 Å². The molecule has 5 nitrogen and oxygen atoms in total. The maximum absolute atomic E-state index is 13.0. The summed E-state index contributed by atoms with van der Waals surface area (Å²) in [6.07, 6.45) is -4.41. The second kappa shape index (κ2) is 6.66. The monoisotopic (exact) mass is 404 g/mol. The number of fused-ring (bicyclic) bond motifs is 1. The van der Waals surface area contributed by atoms with E-state index in [1.807, 2.05) is 18.2 Å². The Balaban J connectivity index is 1.78. The molecule has 144 valence electrons. The fraction of sp³-hybridized carbons (Fsp3) is 0.211. The molecule has 1 aromatic heterocycles. The standard InChI is InChI=1S/C19H15F3N4OS/c1-25-16-7-6-11(15-10-28-18(27)26(2)24-15)9-14(16)23-17(25)12-4-3-5-13(8-12)19(20,21)22/h3-9H,10H2,1-2H3.